The van der Waals surface area contributed by atoms with E-state index in [1.165, 1.54) is 10.6 Å². The molecule has 0 spiro atoms. The average Bonchev–Trinajstić information content (AvgIpc) is 2.88. The SMILES string of the molecule is Cc1cc(=O)n(CC(=O)Nc2nc(C)c(C(=O)OCC(C)C)s2)c(C)n1. The van der Waals surface area contributed by atoms with Crippen LogP contribution >= 0.6 is 11.3 Å². The Morgan fingerprint density at radius 3 is 2.58 bits per heavy atom. The summed E-state index contributed by atoms with van der Waals surface area (Å²) in [6, 6.07) is 1.37. The predicted octanol–water partition coefficient (Wildman–Crippen LogP) is 2.08. The van der Waals surface area contributed by atoms with Crippen LogP contribution in [0.5, 0.6) is 0 Å². The third kappa shape index (κ3) is 4.98. The summed E-state index contributed by atoms with van der Waals surface area (Å²) in [7, 11) is 0. The molecule has 2 rings (SSSR count). The monoisotopic (exact) mass is 378 g/mol. The molecule has 0 fully saturated rings. The smallest absolute Gasteiger partial charge is 0.350 e. The Labute approximate surface area is 155 Å². The number of ether oxygens (including phenoxy) is 1. The summed E-state index contributed by atoms with van der Waals surface area (Å²) in [6.07, 6.45) is 0. The zero-order valence-electron chi connectivity index (χ0n) is 15.5. The highest BCUT2D eigenvalue weighted by Gasteiger charge is 2.18. The molecule has 0 saturated carbocycles. The van der Waals surface area contributed by atoms with Gasteiger partial charge in [0.05, 0.1) is 12.3 Å². The van der Waals surface area contributed by atoms with E-state index in [1.807, 2.05) is 13.8 Å². The van der Waals surface area contributed by atoms with Crippen LogP contribution in [0.15, 0.2) is 10.9 Å². The summed E-state index contributed by atoms with van der Waals surface area (Å²) in [4.78, 5) is 45.0. The molecule has 9 heteroatoms. The number of thiazole rings is 1. The molecule has 0 aliphatic heterocycles. The van der Waals surface area contributed by atoms with Gasteiger partial charge in [-0.25, -0.2) is 14.8 Å². The van der Waals surface area contributed by atoms with E-state index in [9.17, 15) is 14.4 Å². The lowest BCUT2D eigenvalue weighted by Gasteiger charge is -2.08. The van der Waals surface area contributed by atoms with Crippen molar-refractivity contribution in [1.82, 2.24) is 14.5 Å². The first kappa shape index (κ1) is 19.8. The molecule has 0 atom stereocenters. The Balaban J connectivity index is 2.07. The van der Waals surface area contributed by atoms with Crippen LogP contribution in [0.3, 0.4) is 0 Å². The number of nitrogens with one attached hydrogen (secondary N) is 1. The maximum absolute atomic E-state index is 12.2. The second kappa shape index (κ2) is 8.22. The average molecular weight is 378 g/mol. The molecule has 0 aromatic carbocycles. The van der Waals surface area contributed by atoms with E-state index >= 15 is 0 Å². The fraction of sp³-hybridized carbons (Fsp3) is 0.471. The van der Waals surface area contributed by atoms with Crippen molar-refractivity contribution in [2.75, 3.05) is 11.9 Å². The lowest BCUT2D eigenvalue weighted by molar-refractivity contribution is -0.116. The third-order valence-corrected chi connectivity index (χ3v) is 4.46. The van der Waals surface area contributed by atoms with Crippen molar-refractivity contribution in [3.05, 3.63) is 38.5 Å². The fourth-order valence-corrected chi connectivity index (χ4v) is 3.08. The third-order valence-electron chi connectivity index (χ3n) is 3.41. The van der Waals surface area contributed by atoms with Crippen molar-refractivity contribution in [3.8, 4) is 0 Å². The van der Waals surface area contributed by atoms with E-state index in [2.05, 4.69) is 15.3 Å². The number of esters is 1. The molecule has 0 radical (unpaired) electrons. The Bertz CT molecular complexity index is 885. The van der Waals surface area contributed by atoms with Crippen LogP contribution in [0.25, 0.3) is 0 Å². The fourth-order valence-electron chi connectivity index (χ4n) is 2.21. The van der Waals surface area contributed by atoms with Gasteiger partial charge in [-0.05, 0) is 26.7 Å². The summed E-state index contributed by atoms with van der Waals surface area (Å²) in [5.74, 6) is -0.185. The molecule has 2 heterocycles. The van der Waals surface area contributed by atoms with E-state index in [4.69, 9.17) is 4.74 Å². The maximum Gasteiger partial charge on any atom is 0.350 e. The zero-order chi connectivity index (χ0) is 19.4. The second-order valence-electron chi connectivity index (χ2n) is 6.34. The molecular weight excluding hydrogens is 356 g/mol. The van der Waals surface area contributed by atoms with Crippen molar-refractivity contribution in [2.24, 2.45) is 5.92 Å². The Kier molecular flexibility index (Phi) is 6.25. The number of aromatic nitrogens is 3. The van der Waals surface area contributed by atoms with Gasteiger partial charge in [-0.15, -0.1) is 0 Å². The zero-order valence-corrected chi connectivity index (χ0v) is 16.3. The van der Waals surface area contributed by atoms with Gasteiger partial charge in [0, 0.05) is 11.8 Å². The summed E-state index contributed by atoms with van der Waals surface area (Å²) >= 11 is 1.05. The molecule has 8 nitrogen and oxygen atoms in total. The number of hydrogen-bond acceptors (Lipinski definition) is 7. The highest BCUT2D eigenvalue weighted by Crippen LogP contribution is 2.23. The normalized spacial score (nSPS) is 10.8. The van der Waals surface area contributed by atoms with Crippen LogP contribution < -0.4 is 10.9 Å². The van der Waals surface area contributed by atoms with Gasteiger partial charge in [-0.1, -0.05) is 25.2 Å². The van der Waals surface area contributed by atoms with E-state index in [0.29, 0.717) is 28.7 Å². The summed E-state index contributed by atoms with van der Waals surface area (Å²) < 4.78 is 6.47. The summed E-state index contributed by atoms with van der Waals surface area (Å²) in [6.45, 7) is 9.10. The first-order valence-electron chi connectivity index (χ1n) is 8.17. The van der Waals surface area contributed by atoms with E-state index < -0.39 is 11.9 Å². The molecule has 2 aromatic rings. The van der Waals surface area contributed by atoms with Gasteiger partial charge in [0.1, 0.15) is 17.2 Å². The number of hydrogen-bond donors (Lipinski definition) is 1. The number of anilines is 1. The standard InChI is InChI=1S/C17H22N4O4S/c1-9(2)8-25-16(24)15-11(4)19-17(26-15)20-13(22)7-21-12(5)18-10(3)6-14(21)23/h6,9H,7-8H2,1-5H3,(H,19,20,22). The van der Waals surface area contributed by atoms with Crippen molar-refractivity contribution in [1.29, 1.82) is 0 Å². The predicted molar refractivity (Wildman–Crippen MR) is 98.6 cm³/mol. The van der Waals surface area contributed by atoms with Gasteiger partial charge in [0.2, 0.25) is 5.91 Å². The Morgan fingerprint density at radius 2 is 1.96 bits per heavy atom. The molecule has 140 valence electrons. The minimum Gasteiger partial charge on any atom is -0.461 e. The van der Waals surface area contributed by atoms with Crippen LogP contribution in [0.1, 0.15) is 40.7 Å². The Morgan fingerprint density at radius 1 is 1.27 bits per heavy atom. The highest BCUT2D eigenvalue weighted by atomic mass is 32.1. The molecule has 0 bridgehead atoms. The highest BCUT2D eigenvalue weighted by molar-refractivity contribution is 7.17. The first-order chi connectivity index (χ1) is 12.2. The lowest BCUT2D eigenvalue weighted by atomic mass is 10.2. The van der Waals surface area contributed by atoms with Gasteiger partial charge in [-0.3, -0.25) is 14.2 Å². The van der Waals surface area contributed by atoms with Crippen molar-refractivity contribution >= 4 is 28.3 Å². The maximum atomic E-state index is 12.2. The summed E-state index contributed by atoms with van der Waals surface area (Å²) in [5, 5.41) is 2.90. The van der Waals surface area contributed by atoms with Crippen molar-refractivity contribution in [3.63, 3.8) is 0 Å². The second-order valence-corrected chi connectivity index (χ2v) is 7.34. The van der Waals surface area contributed by atoms with Gasteiger partial charge >= 0.3 is 5.97 Å². The topological polar surface area (TPSA) is 103 Å². The van der Waals surface area contributed by atoms with Crippen LogP contribution in [0.2, 0.25) is 0 Å². The number of carbonyl (C=O) groups is 2. The quantitative estimate of drug-likeness (QED) is 0.772. The van der Waals surface area contributed by atoms with E-state index in [0.717, 1.165) is 11.3 Å². The van der Waals surface area contributed by atoms with Crippen LogP contribution in [-0.4, -0.2) is 33.0 Å². The van der Waals surface area contributed by atoms with Crippen LogP contribution in [-0.2, 0) is 16.1 Å². The molecule has 2 aromatic heterocycles. The van der Waals surface area contributed by atoms with Gasteiger partial charge in [0.25, 0.3) is 5.56 Å². The van der Waals surface area contributed by atoms with Gasteiger partial charge in [-0.2, -0.15) is 0 Å². The molecular formula is C17H22N4O4S. The number of amides is 1. The molecule has 0 saturated heterocycles. The number of nitrogens with zero attached hydrogens (tertiary/aromatic N) is 3. The summed E-state index contributed by atoms with van der Waals surface area (Å²) in [5.41, 5.74) is 0.798. The number of rotatable bonds is 6. The lowest BCUT2D eigenvalue weighted by Crippen LogP contribution is -2.29. The molecule has 1 N–H and O–H groups in total. The van der Waals surface area contributed by atoms with Gasteiger partial charge < -0.3 is 10.1 Å². The molecule has 1 amide bonds. The molecule has 0 aliphatic carbocycles. The molecule has 0 aliphatic rings. The first-order valence-corrected chi connectivity index (χ1v) is 8.98. The largest absolute Gasteiger partial charge is 0.461 e. The van der Waals surface area contributed by atoms with E-state index in [-0.39, 0.29) is 23.2 Å². The minimum absolute atomic E-state index is 0.177. The van der Waals surface area contributed by atoms with Gasteiger partial charge in [0.15, 0.2) is 5.13 Å². The van der Waals surface area contributed by atoms with Crippen molar-refractivity contribution in [2.45, 2.75) is 41.2 Å². The molecule has 0 unspecified atom stereocenters. The van der Waals surface area contributed by atoms with E-state index in [1.54, 1.807) is 20.8 Å². The minimum atomic E-state index is -0.455. The van der Waals surface area contributed by atoms with Crippen molar-refractivity contribution < 1.29 is 14.3 Å². The number of carbonyl (C=O) groups excluding carboxylic acids is 2. The van der Waals surface area contributed by atoms with Crippen LogP contribution in [0, 0.1) is 26.7 Å². The number of aryl methyl sites for hydroxylation is 3. The van der Waals surface area contributed by atoms with Crippen LogP contribution in [0.4, 0.5) is 5.13 Å². The molecule has 26 heavy (non-hydrogen) atoms. The Hall–Kier alpha value is -2.55.